The molecular formula is C28H46F12O10. The van der Waals surface area contributed by atoms with Crippen LogP contribution >= 0.6 is 0 Å². The molecule has 0 bridgehead atoms. The zero-order valence-corrected chi connectivity index (χ0v) is 27.5. The topological polar surface area (TPSA) is 114 Å². The van der Waals surface area contributed by atoms with Crippen molar-refractivity contribution in [3.63, 3.8) is 0 Å². The molecule has 0 aromatic heterocycles. The normalized spacial score (nSPS) is 17.0. The first-order valence-corrected chi connectivity index (χ1v) is 15.7. The van der Waals surface area contributed by atoms with Gasteiger partial charge in [0.2, 0.25) is 0 Å². The number of hydrogen-bond donors (Lipinski definition) is 2. The maximum absolute atomic E-state index is 12.6. The molecule has 50 heavy (non-hydrogen) atoms. The van der Waals surface area contributed by atoms with Crippen LogP contribution in [-0.2, 0) is 37.9 Å². The maximum Gasteiger partial charge on any atom is 0.522 e. The molecule has 22 heteroatoms. The van der Waals surface area contributed by atoms with Crippen molar-refractivity contribution in [3.8, 4) is 0 Å². The van der Waals surface area contributed by atoms with E-state index in [0.717, 1.165) is 0 Å². The van der Waals surface area contributed by atoms with Crippen LogP contribution in [0.25, 0.3) is 0 Å². The van der Waals surface area contributed by atoms with Gasteiger partial charge in [0.25, 0.3) is 0 Å². The van der Waals surface area contributed by atoms with Crippen molar-refractivity contribution < 1.29 is 101 Å². The van der Waals surface area contributed by atoms with Crippen LogP contribution in [0.1, 0.15) is 78.1 Å². The highest BCUT2D eigenvalue weighted by molar-refractivity contribution is 4.63. The van der Waals surface area contributed by atoms with Crippen molar-refractivity contribution in [2.75, 3.05) is 39.6 Å². The lowest BCUT2D eigenvalue weighted by atomic mass is 10.1. The van der Waals surface area contributed by atoms with Crippen LogP contribution in [0.4, 0.5) is 52.7 Å². The second kappa shape index (κ2) is 24.9. The average Bonchev–Trinajstić information content (AvgIpc) is 2.96. The number of rotatable bonds is 29. The monoisotopic (exact) mass is 770 g/mol. The Morgan fingerprint density at radius 1 is 0.420 bits per heavy atom. The summed E-state index contributed by atoms with van der Waals surface area (Å²) in [5.41, 5.74) is 0. The predicted octanol–water partition coefficient (Wildman–Crippen LogP) is 7.25. The first-order chi connectivity index (χ1) is 22.9. The molecule has 0 rings (SSSR count). The van der Waals surface area contributed by atoms with E-state index in [4.69, 9.17) is 18.9 Å². The molecule has 0 amide bonds. The number of unbranched alkanes of at least 4 members (excludes halogenated alkanes) is 3. The van der Waals surface area contributed by atoms with E-state index in [2.05, 4.69) is 18.9 Å². The third-order valence-corrected chi connectivity index (χ3v) is 6.38. The summed E-state index contributed by atoms with van der Waals surface area (Å²) in [7, 11) is 0. The average molecular weight is 771 g/mol. The maximum atomic E-state index is 12.6. The van der Waals surface area contributed by atoms with Crippen molar-refractivity contribution in [2.45, 2.75) is 141 Å². The fourth-order valence-corrected chi connectivity index (χ4v) is 4.13. The number of aliphatic hydroxyl groups excluding tert-OH is 2. The lowest BCUT2D eigenvalue weighted by molar-refractivity contribution is -0.336. The molecule has 6 atom stereocenters. The molecule has 302 valence electrons. The number of ether oxygens (including phenoxy) is 8. The van der Waals surface area contributed by atoms with Crippen LogP contribution in [0.2, 0.25) is 0 Å². The Morgan fingerprint density at radius 3 is 1.00 bits per heavy atom. The minimum absolute atomic E-state index is 0.0102. The Balaban J connectivity index is 4.50. The summed E-state index contributed by atoms with van der Waals surface area (Å²) < 4.78 is 184. The van der Waals surface area contributed by atoms with Crippen molar-refractivity contribution >= 4 is 0 Å². The second-order valence-corrected chi connectivity index (χ2v) is 11.0. The van der Waals surface area contributed by atoms with E-state index >= 15 is 0 Å². The summed E-state index contributed by atoms with van der Waals surface area (Å²) in [5.74, 6) is 0. The molecule has 0 heterocycles. The fourth-order valence-electron chi connectivity index (χ4n) is 4.13. The van der Waals surface area contributed by atoms with Gasteiger partial charge in [-0.25, -0.2) is 0 Å². The summed E-state index contributed by atoms with van der Waals surface area (Å²) in [6.07, 6.45) is -25.5. The first kappa shape index (κ1) is 48.8. The molecule has 0 aliphatic carbocycles. The second-order valence-electron chi connectivity index (χ2n) is 11.0. The van der Waals surface area contributed by atoms with Crippen molar-refractivity contribution in [2.24, 2.45) is 0 Å². The van der Waals surface area contributed by atoms with Gasteiger partial charge in [0, 0.05) is 13.2 Å². The molecule has 0 aromatic rings. The molecule has 0 aliphatic rings. The van der Waals surface area contributed by atoms with E-state index in [1.54, 1.807) is 0 Å². The van der Waals surface area contributed by atoms with Crippen LogP contribution in [0.3, 0.4) is 0 Å². The molecule has 0 fully saturated rings. The molecule has 0 saturated carbocycles. The van der Waals surface area contributed by atoms with Gasteiger partial charge in [-0.05, 0) is 52.4 Å². The predicted molar refractivity (Wildman–Crippen MR) is 147 cm³/mol. The minimum atomic E-state index is -4.94. The van der Waals surface area contributed by atoms with E-state index in [9.17, 15) is 62.9 Å². The van der Waals surface area contributed by atoms with E-state index < -0.39 is 88.9 Å². The number of hydrogen-bond acceptors (Lipinski definition) is 10. The van der Waals surface area contributed by atoms with E-state index in [1.165, 1.54) is 13.8 Å². The standard InChI is InChI=1S/C28H46F12O10/c1-19(49-23(17-47-27(35,36)37)11-5-3-9-21(41)15-45-25(29,30)31)43-13-7-8-14-44-20(2)50-24(18-48-28(38,39)40)12-6-4-10-22(42)16-46-26(32,33)34/h19-24,41-42H,3-18H2,1-2H3. The first-order valence-electron chi connectivity index (χ1n) is 15.7. The number of alkyl halides is 12. The molecule has 10 nitrogen and oxygen atoms in total. The highest BCUT2D eigenvalue weighted by atomic mass is 19.4. The van der Waals surface area contributed by atoms with Gasteiger partial charge in [-0.15, -0.1) is 52.7 Å². The lowest BCUT2D eigenvalue weighted by Crippen LogP contribution is -2.30. The SMILES string of the molecule is CC(OCCCCOC(C)OC(CCCCC(O)COC(F)(F)F)COC(F)(F)F)OC(CCCCC(O)COC(F)(F)F)COC(F)(F)F. The van der Waals surface area contributed by atoms with Crippen molar-refractivity contribution in [1.82, 2.24) is 0 Å². The number of halogens is 12. The summed E-state index contributed by atoms with van der Waals surface area (Å²) >= 11 is 0. The minimum Gasteiger partial charge on any atom is -0.391 e. The van der Waals surface area contributed by atoms with Gasteiger partial charge in [0.15, 0.2) is 12.6 Å². The van der Waals surface area contributed by atoms with Crippen LogP contribution in [-0.4, -0.2) is 112 Å². The molecule has 0 spiro atoms. The Hall–Kier alpha value is -1.24. The Kier molecular flexibility index (Phi) is 24.3. The molecule has 0 saturated heterocycles. The van der Waals surface area contributed by atoms with Crippen molar-refractivity contribution in [1.29, 1.82) is 0 Å². The zero-order valence-electron chi connectivity index (χ0n) is 27.5. The fraction of sp³-hybridized carbons (Fsp3) is 1.00. The Labute approximate surface area is 281 Å². The van der Waals surface area contributed by atoms with Gasteiger partial charge in [0.1, 0.15) is 0 Å². The highest BCUT2D eigenvalue weighted by Gasteiger charge is 2.33. The van der Waals surface area contributed by atoms with E-state index in [0.29, 0.717) is 12.8 Å². The largest absolute Gasteiger partial charge is 0.522 e. The Morgan fingerprint density at radius 2 is 0.700 bits per heavy atom. The van der Waals surface area contributed by atoms with E-state index in [-0.39, 0.29) is 64.6 Å². The van der Waals surface area contributed by atoms with Gasteiger partial charge in [-0.1, -0.05) is 25.7 Å². The third kappa shape index (κ3) is 33.9. The highest BCUT2D eigenvalue weighted by Crippen LogP contribution is 2.22. The van der Waals surface area contributed by atoms with Crippen LogP contribution in [0.15, 0.2) is 0 Å². The molecule has 0 radical (unpaired) electrons. The molecule has 0 aliphatic heterocycles. The summed E-state index contributed by atoms with van der Waals surface area (Å²) in [4.78, 5) is 0. The lowest BCUT2D eigenvalue weighted by Gasteiger charge is -2.24. The van der Waals surface area contributed by atoms with Crippen molar-refractivity contribution in [3.05, 3.63) is 0 Å². The quantitative estimate of drug-likeness (QED) is 0.0458. The molecule has 6 unspecified atom stereocenters. The van der Waals surface area contributed by atoms with Gasteiger partial charge in [0.05, 0.1) is 50.8 Å². The zero-order chi connectivity index (χ0) is 38.4. The smallest absolute Gasteiger partial charge is 0.391 e. The Bertz CT molecular complexity index is 765. The molecule has 0 aromatic carbocycles. The summed E-state index contributed by atoms with van der Waals surface area (Å²) in [6, 6.07) is 0. The number of aliphatic hydroxyl groups is 2. The van der Waals surface area contributed by atoms with E-state index in [1.807, 2.05) is 0 Å². The van der Waals surface area contributed by atoms with Gasteiger partial charge in [-0.3, -0.25) is 18.9 Å². The molecule has 2 N–H and O–H groups in total. The van der Waals surface area contributed by atoms with Crippen LogP contribution in [0, 0.1) is 0 Å². The summed E-state index contributed by atoms with van der Waals surface area (Å²) in [5, 5.41) is 19.1. The summed E-state index contributed by atoms with van der Waals surface area (Å²) in [6.45, 7) is -0.737. The van der Waals surface area contributed by atoms with Gasteiger partial charge < -0.3 is 29.2 Å². The third-order valence-electron chi connectivity index (χ3n) is 6.38. The van der Waals surface area contributed by atoms with Crippen LogP contribution in [0.5, 0.6) is 0 Å². The molecular weight excluding hydrogens is 724 g/mol. The van der Waals surface area contributed by atoms with Crippen LogP contribution < -0.4 is 0 Å². The van der Waals surface area contributed by atoms with Gasteiger partial charge in [-0.2, -0.15) is 0 Å². The van der Waals surface area contributed by atoms with Gasteiger partial charge >= 0.3 is 25.4 Å².